The molecule has 6 heteroatoms. The summed E-state index contributed by atoms with van der Waals surface area (Å²) in [6.45, 7) is 0.512. The molecule has 2 amide bonds. The molecule has 1 aromatic rings. The van der Waals surface area contributed by atoms with Gasteiger partial charge in [-0.05, 0) is 44.2 Å². The zero-order valence-electron chi connectivity index (χ0n) is 14.9. The standard InChI is InChI=1S/C19H26N2O4/c1-24-15-9-6-10-16(25-2)18(15)19(23)21-13-17(22)20-12-11-14-7-4-3-5-8-14/h6-7,9-10H,3-5,8,11-13H2,1-2H3,(H,20,22)(H,21,23). The summed E-state index contributed by atoms with van der Waals surface area (Å²) in [6.07, 6.45) is 7.90. The van der Waals surface area contributed by atoms with Crippen molar-refractivity contribution in [3.8, 4) is 11.5 Å². The number of hydrogen-bond donors (Lipinski definition) is 2. The van der Waals surface area contributed by atoms with Crippen LogP contribution in [0, 0.1) is 0 Å². The first-order valence-corrected chi connectivity index (χ1v) is 8.59. The van der Waals surface area contributed by atoms with Crippen LogP contribution >= 0.6 is 0 Å². The third-order valence-corrected chi connectivity index (χ3v) is 4.22. The van der Waals surface area contributed by atoms with Gasteiger partial charge in [-0.15, -0.1) is 0 Å². The van der Waals surface area contributed by atoms with E-state index in [1.54, 1.807) is 18.2 Å². The molecule has 0 spiro atoms. The number of carbonyl (C=O) groups is 2. The number of allylic oxidation sites excluding steroid dienone is 1. The van der Waals surface area contributed by atoms with Crippen LogP contribution < -0.4 is 20.1 Å². The van der Waals surface area contributed by atoms with Gasteiger partial charge in [0.05, 0.1) is 20.8 Å². The van der Waals surface area contributed by atoms with Gasteiger partial charge in [0, 0.05) is 6.54 Å². The third kappa shape index (κ3) is 5.52. The summed E-state index contributed by atoms with van der Waals surface area (Å²) in [5, 5.41) is 5.45. The second-order valence-electron chi connectivity index (χ2n) is 5.93. The van der Waals surface area contributed by atoms with E-state index in [0.29, 0.717) is 18.0 Å². The number of methoxy groups -OCH3 is 2. The summed E-state index contributed by atoms with van der Waals surface area (Å²) in [4.78, 5) is 24.3. The van der Waals surface area contributed by atoms with Gasteiger partial charge >= 0.3 is 0 Å². The van der Waals surface area contributed by atoms with Crippen molar-refractivity contribution in [1.29, 1.82) is 0 Å². The second-order valence-corrected chi connectivity index (χ2v) is 5.93. The van der Waals surface area contributed by atoms with Crippen LogP contribution in [0.1, 0.15) is 42.5 Å². The Kier molecular flexibility index (Phi) is 7.32. The third-order valence-electron chi connectivity index (χ3n) is 4.22. The SMILES string of the molecule is COc1cccc(OC)c1C(=O)NCC(=O)NCCC1=CCCCC1. The fourth-order valence-electron chi connectivity index (χ4n) is 2.88. The molecule has 0 unspecified atom stereocenters. The van der Waals surface area contributed by atoms with E-state index in [1.807, 2.05) is 0 Å². The molecule has 0 aliphatic heterocycles. The highest BCUT2D eigenvalue weighted by atomic mass is 16.5. The Labute approximate surface area is 148 Å². The molecule has 2 N–H and O–H groups in total. The minimum Gasteiger partial charge on any atom is -0.496 e. The highest BCUT2D eigenvalue weighted by Crippen LogP contribution is 2.27. The molecular weight excluding hydrogens is 320 g/mol. The number of hydrogen-bond acceptors (Lipinski definition) is 4. The van der Waals surface area contributed by atoms with Gasteiger partial charge in [-0.3, -0.25) is 9.59 Å². The monoisotopic (exact) mass is 346 g/mol. The van der Waals surface area contributed by atoms with E-state index < -0.39 is 5.91 Å². The van der Waals surface area contributed by atoms with E-state index in [1.165, 1.54) is 32.6 Å². The van der Waals surface area contributed by atoms with E-state index in [4.69, 9.17) is 9.47 Å². The van der Waals surface area contributed by atoms with Crippen molar-refractivity contribution < 1.29 is 19.1 Å². The minimum absolute atomic E-state index is 0.0842. The van der Waals surface area contributed by atoms with Gasteiger partial charge in [-0.1, -0.05) is 17.7 Å². The molecule has 2 rings (SSSR count). The van der Waals surface area contributed by atoms with Crippen LogP contribution in [-0.4, -0.2) is 39.1 Å². The lowest BCUT2D eigenvalue weighted by Gasteiger charge is -2.14. The molecule has 6 nitrogen and oxygen atoms in total. The summed E-state index contributed by atoms with van der Waals surface area (Å²) in [6, 6.07) is 5.09. The van der Waals surface area contributed by atoms with Gasteiger partial charge in [0.1, 0.15) is 17.1 Å². The number of ether oxygens (including phenoxy) is 2. The molecule has 0 atom stereocenters. The van der Waals surface area contributed by atoms with Gasteiger partial charge in [0.25, 0.3) is 5.91 Å². The summed E-state index contributed by atoms with van der Waals surface area (Å²) in [5.74, 6) is 0.195. The summed E-state index contributed by atoms with van der Waals surface area (Å²) >= 11 is 0. The van der Waals surface area contributed by atoms with E-state index in [9.17, 15) is 9.59 Å². The maximum absolute atomic E-state index is 12.4. The average Bonchev–Trinajstić information content (AvgIpc) is 2.66. The summed E-state index contributed by atoms with van der Waals surface area (Å²) in [5.41, 5.74) is 1.70. The lowest BCUT2D eigenvalue weighted by Crippen LogP contribution is -2.37. The van der Waals surface area contributed by atoms with Crippen LogP contribution in [0.15, 0.2) is 29.8 Å². The Morgan fingerprint density at radius 3 is 2.40 bits per heavy atom. The lowest BCUT2D eigenvalue weighted by molar-refractivity contribution is -0.120. The van der Waals surface area contributed by atoms with Crippen LogP contribution in [0.25, 0.3) is 0 Å². The maximum atomic E-state index is 12.4. The molecule has 0 saturated carbocycles. The topological polar surface area (TPSA) is 76.7 Å². The minimum atomic E-state index is -0.403. The highest BCUT2D eigenvalue weighted by molar-refractivity contribution is 6.01. The second kappa shape index (κ2) is 9.71. The average molecular weight is 346 g/mol. The zero-order chi connectivity index (χ0) is 18.1. The molecule has 0 saturated heterocycles. The summed E-state index contributed by atoms with van der Waals surface area (Å²) < 4.78 is 10.4. The van der Waals surface area contributed by atoms with Crippen LogP contribution in [0.4, 0.5) is 0 Å². The van der Waals surface area contributed by atoms with Gasteiger partial charge in [-0.25, -0.2) is 0 Å². The fourth-order valence-corrected chi connectivity index (χ4v) is 2.88. The van der Waals surface area contributed by atoms with E-state index in [0.717, 1.165) is 19.3 Å². The number of benzene rings is 1. The van der Waals surface area contributed by atoms with Crippen molar-refractivity contribution in [2.75, 3.05) is 27.3 Å². The van der Waals surface area contributed by atoms with Crippen molar-refractivity contribution in [2.45, 2.75) is 32.1 Å². The van der Waals surface area contributed by atoms with Crippen molar-refractivity contribution in [3.63, 3.8) is 0 Å². The molecule has 0 radical (unpaired) electrons. The largest absolute Gasteiger partial charge is 0.496 e. The Hall–Kier alpha value is -2.50. The van der Waals surface area contributed by atoms with Crippen molar-refractivity contribution in [2.24, 2.45) is 0 Å². The molecule has 0 fully saturated rings. The molecule has 1 aliphatic rings. The molecule has 0 bridgehead atoms. The van der Waals surface area contributed by atoms with E-state index in [2.05, 4.69) is 16.7 Å². The van der Waals surface area contributed by atoms with Crippen LogP contribution in [0.5, 0.6) is 11.5 Å². The normalized spacial score (nSPS) is 13.6. The van der Waals surface area contributed by atoms with E-state index in [-0.39, 0.29) is 18.0 Å². The Morgan fingerprint density at radius 2 is 1.80 bits per heavy atom. The molecular formula is C19H26N2O4. The van der Waals surface area contributed by atoms with Crippen LogP contribution in [0.3, 0.4) is 0 Å². The van der Waals surface area contributed by atoms with Gasteiger partial charge < -0.3 is 20.1 Å². The molecule has 0 heterocycles. The Bertz CT molecular complexity index is 618. The molecule has 1 aliphatic carbocycles. The zero-order valence-corrected chi connectivity index (χ0v) is 14.9. The smallest absolute Gasteiger partial charge is 0.259 e. The quantitative estimate of drug-likeness (QED) is 0.709. The maximum Gasteiger partial charge on any atom is 0.259 e. The number of rotatable bonds is 8. The summed E-state index contributed by atoms with van der Waals surface area (Å²) in [7, 11) is 2.97. The van der Waals surface area contributed by atoms with Gasteiger partial charge in [-0.2, -0.15) is 0 Å². The van der Waals surface area contributed by atoms with E-state index >= 15 is 0 Å². The molecule has 0 aromatic heterocycles. The fraction of sp³-hybridized carbons (Fsp3) is 0.474. The lowest BCUT2D eigenvalue weighted by atomic mass is 9.97. The first kappa shape index (κ1) is 18.8. The molecule has 25 heavy (non-hydrogen) atoms. The van der Waals surface area contributed by atoms with Crippen molar-refractivity contribution >= 4 is 11.8 Å². The number of carbonyl (C=O) groups excluding carboxylic acids is 2. The number of nitrogens with one attached hydrogen (secondary N) is 2. The molecule has 136 valence electrons. The molecule has 1 aromatic carbocycles. The predicted octanol–water partition coefficient (Wildman–Crippen LogP) is 2.44. The van der Waals surface area contributed by atoms with Crippen LogP contribution in [0.2, 0.25) is 0 Å². The highest BCUT2D eigenvalue weighted by Gasteiger charge is 2.18. The predicted molar refractivity (Wildman–Crippen MR) is 96.1 cm³/mol. The first-order chi connectivity index (χ1) is 12.2. The van der Waals surface area contributed by atoms with Crippen molar-refractivity contribution in [1.82, 2.24) is 10.6 Å². The number of amides is 2. The first-order valence-electron chi connectivity index (χ1n) is 8.59. The van der Waals surface area contributed by atoms with Crippen molar-refractivity contribution in [3.05, 3.63) is 35.4 Å². The Morgan fingerprint density at radius 1 is 1.08 bits per heavy atom. The van der Waals surface area contributed by atoms with Gasteiger partial charge in [0.2, 0.25) is 5.91 Å². The Balaban J connectivity index is 1.81. The van der Waals surface area contributed by atoms with Crippen LogP contribution in [-0.2, 0) is 4.79 Å². The van der Waals surface area contributed by atoms with Gasteiger partial charge in [0.15, 0.2) is 0 Å².